The van der Waals surface area contributed by atoms with Gasteiger partial charge in [-0.3, -0.25) is 0 Å². The van der Waals surface area contributed by atoms with Crippen LogP contribution in [0.2, 0.25) is 0 Å². The van der Waals surface area contributed by atoms with E-state index < -0.39 is 0 Å². The van der Waals surface area contributed by atoms with Crippen molar-refractivity contribution < 1.29 is 0 Å². The summed E-state index contributed by atoms with van der Waals surface area (Å²) in [4.78, 5) is 0. The first-order valence-electron chi connectivity index (χ1n) is 5.27. The normalized spacial score (nSPS) is 11.0. The number of hydrogen-bond acceptors (Lipinski definition) is 0. The largest absolute Gasteiger partial charge is 0.138 e. The van der Waals surface area contributed by atoms with Gasteiger partial charge in [-0.25, -0.2) is 0 Å². The van der Waals surface area contributed by atoms with Gasteiger partial charge >= 0.3 is 0 Å². The summed E-state index contributed by atoms with van der Waals surface area (Å²) in [5, 5.41) is 0. The van der Waals surface area contributed by atoms with Gasteiger partial charge in [-0.05, 0) is 37.5 Å². The third-order valence-electron chi connectivity index (χ3n) is 2.01. The smallest absolute Gasteiger partial charge is 0.0326 e. The number of unbranched alkanes of at least 4 members (excludes halogenated alkanes) is 1. The standard InChI is InChI=1S/C10H24P2/c1-3-8-12(9-4-2)10-6-5-7-11/h3-11H2,1-2H3. The highest BCUT2D eigenvalue weighted by Gasteiger charge is 2.04. The summed E-state index contributed by atoms with van der Waals surface area (Å²) in [6.07, 6.45) is 11.5. The summed E-state index contributed by atoms with van der Waals surface area (Å²) >= 11 is 0. The molecule has 0 rings (SSSR count). The van der Waals surface area contributed by atoms with Gasteiger partial charge < -0.3 is 0 Å². The summed E-state index contributed by atoms with van der Waals surface area (Å²) < 4.78 is 0. The van der Waals surface area contributed by atoms with E-state index >= 15 is 0 Å². The molecule has 12 heavy (non-hydrogen) atoms. The third kappa shape index (κ3) is 7.51. The van der Waals surface area contributed by atoms with Gasteiger partial charge in [0.05, 0.1) is 0 Å². The molecule has 1 unspecified atom stereocenters. The van der Waals surface area contributed by atoms with Crippen LogP contribution in [0.1, 0.15) is 39.5 Å². The molecule has 74 valence electrons. The lowest BCUT2D eigenvalue weighted by Crippen LogP contribution is -1.94. The van der Waals surface area contributed by atoms with Gasteiger partial charge in [-0.2, -0.15) is 0 Å². The first-order valence-corrected chi connectivity index (χ1v) is 7.99. The van der Waals surface area contributed by atoms with Crippen molar-refractivity contribution in [1.82, 2.24) is 0 Å². The summed E-state index contributed by atoms with van der Waals surface area (Å²) in [7, 11) is 3.24. The van der Waals surface area contributed by atoms with Crippen molar-refractivity contribution in [1.29, 1.82) is 0 Å². The van der Waals surface area contributed by atoms with Crippen LogP contribution < -0.4 is 0 Å². The van der Waals surface area contributed by atoms with E-state index in [2.05, 4.69) is 23.1 Å². The van der Waals surface area contributed by atoms with Gasteiger partial charge in [-0.15, -0.1) is 17.2 Å². The highest BCUT2D eigenvalue weighted by Crippen LogP contribution is 2.37. The van der Waals surface area contributed by atoms with Crippen molar-refractivity contribution in [3.05, 3.63) is 0 Å². The van der Waals surface area contributed by atoms with Crippen molar-refractivity contribution in [2.45, 2.75) is 39.5 Å². The molecule has 0 aromatic carbocycles. The predicted octanol–water partition coefficient (Wildman–Crippen LogP) is 3.94. The fourth-order valence-corrected chi connectivity index (χ4v) is 4.34. The zero-order chi connectivity index (χ0) is 9.23. The van der Waals surface area contributed by atoms with E-state index in [1.165, 1.54) is 50.3 Å². The van der Waals surface area contributed by atoms with Gasteiger partial charge in [0.15, 0.2) is 0 Å². The van der Waals surface area contributed by atoms with Gasteiger partial charge in [0, 0.05) is 0 Å². The molecule has 0 radical (unpaired) electrons. The molecule has 2 heteroatoms. The van der Waals surface area contributed by atoms with E-state index in [-0.39, 0.29) is 0 Å². The van der Waals surface area contributed by atoms with Gasteiger partial charge in [0.25, 0.3) is 0 Å². The molecule has 0 heterocycles. The Kier molecular flexibility index (Phi) is 10.7. The fourth-order valence-electron chi connectivity index (χ4n) is 1.45. The van der Waals surface area contributed by atoms with Crippen LogP contribution in [0.4, 0.5) is 0 Å². The molecule has 0 spiro atoms. The Labute approximate surface area is 81.9 Å². The SMILES string of the molecule is CCCP(CCC)CCCCP. The molecule has 0 amide bonds. The van der Waals surface area contributed by atoms with Crippen LogP contribution in [0.5, 0.6) is 0 Å². The average molecular weight is 206 g/mol. The minimum atomic E-state index is 0.418. The van der Waals surface area contributed by atoms with Crippen LogP contribution in [0.3, 0.4) is 0 Å². The summed E-state index contributed by atoms with van der Waals surface area (Å²) in [5.41, 5.74) is 0. The average Bonchev–Trinajstić information content (AvgIpc) is 2.06. The molecule has 1 atom stereocenters. The van der Waals surface area contributed by atoms with Gasteiger partial charge in [-0.1, -0.05) is 26.7 Å². The van der Waals surface area contributed by atoms with Crippen LogP contribution >= 0.6 is 17.2 Å². The maximum Gasteiger partial charge on any atom is -0.0326 e. The summed E-state index contributed by atoms with van der Waals surface area (Å²) in [5.74, 6) is 0. The van der Waals surface area contributed by atoms with E-state index in [9.17, 15) is 0 Å². The van der Waals surface area contributed by atoms with Crippen LogP contribution in [0.15, 0.2) is 0 Å². The monoisotopic (exact) mass is 206 g/mol. The Morgan fingerprint density at radius 3 is 1.92 bits per heavy atom. The topological polar surface area (TPSA) is 0 Å². The Morgan fingerprint density at radius 1 is 0.917 bits per heavy atom. The molecule has 0 aliphatic rings. The van der Waals surface area contributed by atoms with Crippen LogP contribution in [0.25, 0.3) is 0 Å². The van der Waals surface area contributed by atoms with Gasteiger partial charge in [0.1, 0.15) is 0 Å². The lowest BCUT2D eigenvalue weighted by molar-refractivity contribution is 0.894. The third-order valence-corrected chi connectivity index (χ3v) is 5.52. The Hall–Kier alpha value is 0.860. The molecule has 0 saturated carbocycles. The van der Waals surface area contributed by atoms with Crippen molar-refractivity contribution in [2.24, 2.45) is 0 Å². The van der Waals surface area contributed by atoms with Crippen molar-refractivity contribution in [3.63, 3.8) is 0 Å². The van der Waals surface area contributed by atoms with E-state index in [4.69, 9.17) is 0 Å². The molecule has 0 nitrogen and oxygen atoms in total. The zero-order valence-electron chi connectivity index (χ0n) is 8.68. The van der Waals surface area contributed by atoms with Crippen molar-refractivity contribution in [2.75, 3.05) is 24.6 Å². The second-order valence-electron chi connectivity index (χ2n) is 3.34. The second-order valence-corrected chi connectivity index (χ2v) is 6.60. The van der Waals surface area contributed by atoms with Crippen LogP contribution in [-0.4, -0.2) is 24.6 Å². The predicted molar refractivity (Wildman–Crippen MR) is 65.9 cm³/mol. The minimum absolute atomic E-state index is 0.418. The molecule has 0 N–H and O–H groups in total. The first-order chi connectivity index (χ1) is 5.85. The summed E-state index contributed by atoms with van der Waals surface area (Å²) in [6, 6.07) is 0. The minimum Gasteiger partial charge on any atom is -0.138 e. The van der Waals surface area contributed by atoms with Crippen LogP contribution in [0, 0.1) is 0 Å². The molecule has 0 aliphatic heterocycles. The lowest BCUT2D eigenvalue weighted by Gasteiger charge is -2.15. The maximum atomic E-state index is 2.82. The van der Waals surface area contributed by atoms with E-state index in [0.29, 0.717) is 7.92 Å². The molecule has 0 aliphatic carbocycles. The number of rotatable bonds is 8. The highest BCUT2D eigenvalue weighted by molar-refractivity contribution is 7.57. The Balaban J connectivity index is 3.34. The van der Waals surface area contributed by atoms with E-state index in [1.54, 1.807) is 0 Å². The van der Waals surface area contributed by atoms with Crippen molar-refractivity contribution >= 4 is 17.2 Å². The molecule has 0 saturated heterocycles. The molecule has 0 fully saturated rings. The lowest BCUT2D eigenvalue weighted by atomic mass is 10.4. The number of hydrogen-bond donors (Lipinski definition) is 0. The zero-order valence-corrected chi connectivity index (χ0v) is 10.7. The Morgan fingerprint density at radius 2 is 1.50 bits per heavy atom. The molecule has 0 aromatic rings. The molecule has 0 bridgehead atoms. The fraction of sp³-hybridized carbons (Fsp3) is 1.00. The first kappa shape index (κ1) is 12.9. The molecule has 0 aromatic heterocycles. The Bertz CT molecular complexity index is 77.9. The van der Waals surface area contributed by atoms with Crippen LogP contribution in [-0.2, 0) is 0 Å². The maximum absolute atomic E-state index is 2.82. The summed E-state index contributed by atoms with van der Waals surface area (Å²) in [6.45, 7) is 4.64. The van der Waals surface area contributed by atoms with Crippen molar-refractivity contribution in [3.8, 4) is 0 Å². The van der Waals surface area contributed by atoms with E-state index in [0.717, 1.165) is 0 Å². The van der Waals surface area contributed by atoms with E-state index in [1.807, 2.05) is 0 Å². The molecular weight excluding hydrogens is 182 g/mol. The van der Waals surface area contributed by atoms with Gasteiger partial charge in [0.2, 0.25) is 0 Å². The highest BCUT2D eigenvalue weighted by atomic mass is 31.1. The second kappa shape index (κ2) is 9.94. The quantitative estimate of drug-likeness (QED) is 0.417. The molecular formula is C10H24P2.